The minimum Gasteiger partial charge on any atom is -0.480 e. The van der Waals surface area contributed by atoms with Crippen molar-refractivity contribution < 1.29 is 9.90 Å². The first-order valence-corrected chi connectivity index (χ1v) is 6.70. The van der Waals surface area contributed by atoms with Crippen LogP contribution >= 0.6 is 0 Å². The third kappa shape index (κ3) is 3.30. The fourth-order valence-corrected chi connectivity index (χ4v) is 2.50. The highest BCUT2D eigenvalue weighted by molar-refractivity contribution is 5.72. The molecule has 1 saturated heterocycles. The molecule has 0 amide bonds. The maximum Gasteiger partial charge on any atom is 0.320 e. The monoisotopic (exact) mass is 263 g/mol. The van der Waals surface area contributed by atoms with Crippen LogP contribution in [0.5, 0.6) is 0 Å². The number of rotatable bonds is 4. The zero-order valence-electron chi connectivity index (χ0n) is 11.5. The van der Waals surface area contributed by atoms with Crippen LogP contribution in [0, 0.1) is 0 Å². The van der Waals surface area contributed by atoms with Gasteiger partial charge in [0.2, 0.25) is 0 Å². The molecule has 5 nitrogen and oxygen atoms in total. The van der Waals surface area contributed by atoms with E-state index in [1.807, 2.05) is 17.2 Å². The van der Waals surface area contributed by atoms with Gasteiger partial charge in [-0.15, -0.1) is 0 Å². The smallest absolute Gasteiger partial charge is 0.320 e. The maximum absolute atomic E-state index is 11.0. The number of pyridine rings is 1. The van der Waals surface area contributed by atoms with E-state index >= 15 is 0 Å². The van der Waals surface area contributed by atoms with E-state index in [-0.39, 0.29) is 0 Å². The molecule has 2 heterocycles. The number of aliphatic carboxylic acids is 1. The minimum absolute atomic E-state index is 0.330. The number of hydrogen-bond donors (Lipinski definition) is 1. The fourth-order valence-electron chi connectivity index (χ4n) is 2.50. The molecule has 0 saturated carbocycles. The van der Waals surface area contributed by atoms with Crippen molar-refractivity contribution >= 4 is 5.97 Å². The fraction of sp³-hybridized carbons (Fsp3) is 0.571. The topological polar surface area (TPSA) is 56.7 Å². The molecule has 1 aliphatic rings. The van der Waals surface area contributed by atoms with Crippen molar-refractivity contribution in [3.05, 3.63) is 30.1 Å². The summed E-state index contributed by atoms with van der Waals surface area (Å²) in [5.74, 6) is -0.742. The van der Waals surface area contributed by atoms with Gasteiger partial charge in [-0.1, -0.05) is 6.07 Å². The van der Waals surface area contributed by atoms with Crippen molar-refractivity contribution in [3.8, 4) is 0 Å². The highest BCUT2D eigenvalue weighted by atomic mass is 16.4. The van der Waals surface area contributed by atoms with Gasteiger partial charge in [0.05, 0.1) is 0 Å². The van der Waals surface area contributed by atoms with Crippen molar-refractivity contribution in [2.75, 3.05) is 26.2 Å². The van der Waals surface area contributed by atoms with Crippen LogP contribution in [-0.2, 0) is 4.79 Å². The Balaban J connectivity index is 1.91. The Morgan fingerprint density at radius 2 is 1.89 bits per heavy atom. The van der Waals surface area contributed by atoms with Gasteiger partial charge >= 0.3 is 5.97 Å². The first-order valence-electron chi connectivity index (χ1n) is 6.70. The number of nitrogens with zero attached hydrogens (tertiary/aromatic N) is 3. The summed E-state index contributed by atoms with van der Waals surface area (Å²) >= 11 is 0. The van der Waals surface area contributed by atoms with Gasteiger partial charge in [-0.05, 0) is 25.5 Å². The molecule has 1 N–H and O–H groups in total. The molecule has 104 valence electrons. The molecule has 0 bridgehead atoms. The van der Waals surface area contributed by atoms with Crippen LogP contribution in [0.15, 0.2) is 24.5 Å². The first-order chi connectivity index (χ1) is 9.09. The van der Waals surface area contributed by atoms with Gasteiger partial charge in [-0.3, -0.25) is 19.6 Å². The van der Waals surface area contributed by atoms with E-state index < -0.39 is 12.0 Å². The van der Waals surface area contributed by atoms with Crippen LogP contribution in [0.1, 0.15) is 25.5 Å². The highest BCUT2D eigenvalue weighted by Crippen LogP contribution is 2.21. The molecule has 0 unspecified atom stereocenters. The van der Waals surface area contributed by atoms with Gasteiger partial charge in [0.25, 0.3) is 0 Å². The second-order valence-corrected chi connectivity index (χ2v) is 5.05. The molecule has 1 aliphatic heterocycles. The van der Waals surface area contributed by atoms with Crippen LogP contribution in [0.2, 0.25) is 0 Å². The maximum atomic E-state index is 11.0. The van der Waals surface area contributed by atoms with Crippen LogP contribution in [-0.4, -0.2) is 58.1 Å². The van der Waals surface area contributed by atoms with Gasteiger partial charge in [0, 0.05) is 44.6 Å². The van der Waals surface area contributed by atoms with Crippen molar-refractivity contribution in [1.29, 1.82) is 0 Å². The molecule has 5 heteroatoms. The molecule has 0 aliphatic carbocycles. The molecule has 0 spiro atoms. The van der Waals surface area contributed by atoms with Crippen LogP contribution < -0.4 is 0 Å². The standard InChI is InChI=1S/C14H21N3O2/c1-11(13-4-3-5-15-10-13)16-6-8-17(9-7-16)12(2)14(18)19/h3-5,10-12H,6-9H2,1-2H3,(H,18,19)/t11-,12-/m0/s1. The third-order valence-corrected chi connectivity index (χ3v) is 3.97. The summed E-state index contributed by atoms with van der Waals surface area (Å²) in [4.78, 5) is 19.5. The van der Waals surface area contributed by atoms with Crippen molar-refractivity contribution in [2.45, 2.75) is 25.9 Å². The second kappa shape index (κ2) is 6.12. The summed E-state index contributed by atoms with van der Waals surface area (Å²) in [6.45, 7) is 7.33. The zero-order chi connectivity index (χ0) is 13.8. The molecule has 1 fully saturated rings. The SMILES string of the molecule is C[C@@H](C(=O)O)N1CCN([C@@H](C)c2cccnc2)CC1. The first kappa shape index (κ1) is 14.0. The minimum atomic E-state index is -0.742. The number of carbonyl (C=O) groups is 1. The third-order valence-electron chi connectivity index (χ3n) is 3.97. The predicted molar refractivity (Wildman–Crippen MR) is 72.9 cm³/mol. The van der Waals surface area contributed by atoms with Crippen molar-refractivity contribution in [1.82, 2.24) is 14.8 Å². The lowest BCUT2D eigenvalue weighted by atomic mass is 10.1. The molecule has 0 radical (unpaired) electrons. The number of carboxylic acids is 1. The average molecular weight is 263 g/mol. The number of aromatic nitrogens is 1. The van der Waals surface area contributed by atoms with Gasteiger partial charge in [-0.2, -0.15) is 0 Å². The van der Waals surface area contributed by atoms with E-state index in [0.29, 0.717) is 6.04 Å². The normalized spacial score (nSPS) is 20.9. The van der Waals surface area contributed by atoms with Crippen LogP contribution in [0.25, 0.3) is 0 Å². The molecular weight excluding hydrogens is 242 g/mol. The van der Waals surface area contributed by atoms with E-state index in [2.05, 4.69) is 22.9 Å². The van der Waals surface area contributed by atoms with Crippen molar-refractivity contribution in [2.24, 2.45) is 0 Å². The second-order valence-electron chi connectivity index (χ2n) is 5.05. The summed E-state index contributed by atoms with van der Waals surface area (Å²) in [6.07, 6.45) is 3.68. The largest absolute Gasteiger partial charge is 0.480 e. The van der Waals surface area contributed by atoms with E-state index in [9.17, 15) is 4.79 Å². The Labute approximate surface area is 113 Å². The average Bonchev–Trinajstić information content (AvgIpc) is 2.46. The quantitative estimate of drug-likeness (QED) is 0.885. The molecule has 1 aromatic heterocycles. The van der Waals surface area contributed by atoms with E-state index in [4.69, 9.17) is 5.11 Å². The van der Waals surface area contributed by atoms with Crippen molar-refractivity contribution in [3.63, 3.8) is 0 Å². The summed E-state index contributed by atoms with van der Waals surface area (Å²) in [5, 5.41) is 9.02. The molecular formula is C14H21N3O2. The molecule has 2 atom stereocenters. The van der Waals surface area contributed by atoms with E-state index in [1.165, 1.54) is 5.56 Å². The zero-order valence-corrected chi connectivity index (χ0v) is 11.5. The molecule has 1 aromatic rings. The Kier molecular flexibility index (Phi) is 4.50. The number of carboxylic acid groups (broad SMARTS) is 1. The molecule has 19 heavy (non-hydrogen) atoms. The summed E-state index contributed by atoms with van der Waals surface area (Å²) < 4.78 is 0. The Morgan fingerprint density at radius 1 is 1.26 bits per heavy atom. The Bertz CT molecular complexity index is 416. The molecule has 2 rings (SSSR count). The molecule has 0 aromatic carbocycles. The highest BCUT2D eigenvalue weighted by Gasteiger charge is 2.27. The lowest BCUT2D eigenvalue weighted by Gasteiger charge is -2.39. The lowest BCUT2D eigenvalue weighted by Crippen LogP contribution is -2.52. The van der Waals surface area contributed by atoms with Gasteiger partial charge < -0.3 is 5.11 Å². The summed E-state index contributed by atoms with van der Waals surface area (Å²) in [7, 11) is 0. The summed E-state index contributed by atoms with van der Waals surface area (Å²) in [6, 6.07) is 3.98. The predicted octanol–water partition coefficient (Wildman–Crippen LogP) is 1.23. The van der Waals surface area contributed by atoms with E-state index in [0.717, 1.165) is 26.2 Å². The van der Waals surface area contributed by atoms with E-state index in [1.54, 1.807) is 13.1 Å². The van der Waals surface area contributed by atoms with Gasteiger partial charge in [0.15, 0.2) is 0 Å². The van der Waals surface area contributed by atoms with Gasteiger partial charge in [-0.25, -0.2) is 0 Å². The number of piperazine rings is 1. The summed E-state index contributed by atoms with van der Waals surface area (Å²) in [5.41, 5.74) is 1.21. The Hall–Kier alpha value is -1.46. The Morgan fingerprint density at radius 3 is 2.42 bits per heavy atom. The van der Waals surface area contributed by atoms with Crippen LogP contribution in [0.4, 0.5) is 0 Å². The van der Waals surface area contributed by atoms with Gasteiger partial charge in [0.1, 0.15) is 6.04 Å². The van der Waals surface area contributed by atoms with Crippen LogP contribution in [0.3, 0.4) is 0 Å². The lowest BCUT2D eigenvalue weighted by molar-refractivity contribution is -0.143. The number of hydrogen-bond acceptors (Lipinski definition) is 4.